The maximum Gasteiger partial charge on any atom is 0.187 e. The van der Waals surface area contributed by atoms with Gasteiger partial charge in [0.1, 0.15) is 24.4 Å². The largest absolute Gasteiger partial charge is 0.394 e. The van der Waals surface area contributed by atoms with Crippen molar-refractivity contribution < 1.29 is 35.0 Å². The summed E-state index contributed by atoms with van der Waals surface area (Å²) in [6, 6.07) is 0. The van der Waals surface area contributed by atoms with Gasteiger partial charge in [-0.1, -0.05) is 0 Å². The summed E-state index contributed by atoms with van der Waals surface area (Å²) in [5.41, 5.74) is 0. The number of aliphatic hydroxyl groups is 5. The Morgan fingerprint density at radius 1 is 1.12 bits per heavy atom. The average Bonchev–Trinajstić information content (AvgIpc) is 2.29. The summed E-state index contributed by atoms with van der Waals surface area (Å²) in [5, 5.41) is 46.8. The molecule has 7 atom stereocenters. The smallest absolute Gasteiger partial charge is 0.187 e. The summed E-state index contributed by atoms with van der Waals surface area (Å²) < 4.78 is 10.3. The number of rotatable bonds is 4. The minimum absolute atomic E-state index is 0.506. The van der Waals surface area contributed by atoms with Crippen molar-refractivity contribution in [1.29, 1.82) is 0 Å². The molecule has 102 valence electrons. The summed E-state index contributed by atoms with van der Waals surface area (Å²) >= 11 is 0. The van der Waals surface area contributed by atoms with Crippen molar-refractivity contribution in [3.05, 3.63) is 0 Å². The Labute approximate surface area is 99.2 Å². The zero-order valence-corrected chi connectivity index (χ0v) is 9.80. The summed E-state index contributed by atoms with van der Waals surface area (Å²) in [4.78, 5) is 0. The monoisotopic (exact) mass is 252 g/mol. The molecular weight excluding hydrogens is 232 g/mol. The van der Waals surface area contributed by atoms with Gasteiger partial charge in [0, 0.05) is 0 Å². The summed E-state index contributed by atoms with van der Waals surface area (Å²) in [6.45, 7) is 2.58. The Hall–Kier alpha value is -0.280. The fourth-order valence-electron chi connectivity index (χ4n) is 1.51. The van der Waals surface area contributed by atoms with Crippen molar-refractivity contribution >= 4 is 0 Å². The second-order valence-electron chi connectivity index (χ2n) is 4.28. The molecule has 0 aromatic carbocycles. The number of hydrogen-bond acceptors (Lipinski definition) is 7. The molecule has 1 rings (SSSR count). The van der Waals surface area contributed by atoms with Crippen LogP contribution in [0.2, 0.25) is 0 Å². The fourth-order valence-corrected chi connectivity index (χ4v) is 1.51. The van der Waals surface area contributed by atoms with E-state index < -0.39 is 49.5 Å². The van der Waals surface area contributed by atoms with Gasteiger partial charge in [0.2, 0.25) is 0 Å². The fraction of sp³-hybridized carbons (Fsp3) is 1.00. The SMILES string of the molecule is C[C@@H](O)[C@@H](C)O[C@@H]1O[C@H](CO)[C@@H](O)[C@H](O)[C@H]1O. The molecule has 7 nitrogen and oxygen atoms in total. The van der Waals surface area contributed by atoms with Crippen LogP contribution in [-0.4, -0.2) is 75.1 Å². The van der Waals surface area contributed by atoms with E-state index in [0.29, 0.717) is 0 Å². The van der Waals surface area contributed by atoms with Gasteiger partial charge in [-0.25, -0.2) is 0 Å². The van der Waals surface area contributed by atoms with Crippen LogP contribution in [0.4, 0.5) is 0 Å². The lowest BCUT2D eigenvalue weighted by atomic mass is 9.99. The molecule has 1 heterocycles. The lowest BCUT2D eigenvalue weighted by molar-refractivity contribution is -0.314. The molecule has 0 aromatic rings. The molecule has 1 aliphatic rings. The minimum Gasteiger partial charge on any atom is -0.394 e. The van der Waals surface area contributed by atoms with Gasteiger partial charge in [0.25, 0.3) is 0 Å². The van der Waals surface area contributed by atoms with Crippen LogP contribution in [0.3, 0.4) is 0 Å². The lowest BCUT2D eigenvalue weighted by Gasteiger charge is -2.40. The van der Waals surface area contributed by atoms with Gasteiger partial charge in [0.05, 0.1) is 18.8 Å². The predicted octanol–water partition coefficient (Wildman–Crippen LogP) is -2.43. The molecule has 1 fully saturated rings. The molecule has 0 unspecified atom stereocenters. The van der Waals surface area contributed by atoms with Crippen LogP contribution in [0.15, 0.2) is 0 Å². The molecule has 0 amide bonds. The van der Waals surface area contributed by atoms with Gasteiger partial charge in [-0.3, -0.25) is 0 Å². The molecule has 1 aliphatic heterocycles. The molecule has 0 spiro atoms. The van der Waals surface area contributed by atoms with Crippen molar-refractivity contribution in [3.8, 4) is 0 Å². The topological polar surface area (TPSA) is 120 Å². The first kappa shape index (κ1) is 14.8. The molecule has 0 aliphatic carbocycles. The van der Waals surface area contributed by atoms with Gasteiger partial charge < -0.3 is 35.0 Å². The van der Waals surface area contributed by atoms with E-state index >= 15 is 0 Å². The number of ether oxygens (including phenoxy) is 2. The number of aliphatic hydroxyl groups excluding tert-OH is 5. The average molecular weight is 252 g/mol. The Morgan fingerprint density at radius 3 is 2.18 bits per heavy atom. The first-order valence-electron chi connectivity index (χ1n) is 5.52. The zero-order valence-electron chi connectivity index (χ0n) is 9.80. The molecule has 0 aromatic heterocycles. The van der Waals surface area contributed by atoms with E-state index in [1.165, 1.54) is 6.92 Å². The number of hydrogen-bond donors (Lipinski definition) is 5. The maximum atomic E-state index is 9.63. The highest BCUT2D eigenvalue weighted by Crippen LogP contribution is 2.23. The molecule has 17 heavy (non-hydrogen) atoms. The highest BCUT2D eigenvalue weighted by atomic mass is 16.7. The van der Waals surface area contributed by atoms with Crippen molar-refractivity contribution in [2.75, 3.05) is 6.61 Å². The third-order valence-electron chi connectivity index (χ3n) is 2.88. The minimum atomic E-state index is -1.47. The van der Waals surface area contributed by atoms with Gasteiger partial charge in [-0.2, -0.15) is 0 Å². The Balaban J connectivity index is 2.65. The summed E-state index contributed by atoms with van der Waals surface area (Å²) in [7, 11) is 0. The van der Waals surface area contributed by atoms with Gasteiger partial charge >= 0.3 is 0 Å². The molecule has 0 bridgehead atoms. The van der Waals surface area contributed by atoms with E-state index in [1.54, 1.807) is 6.92 Å². The molecule has 1 saturated heterocycles. The van der Waals surface area contributed by atoms with Crippen LogP contribution in [-0.2, 0) is 9.47 Å². The normalized spacial score (nSPS) is 42.2. The van der Waals surface area contributed by atoms with Crippen molar-refractivity contribution in [2.45, 2.75) is 56.8 Å². The predicted molar refractivity (Wildman–Crippen MR) is 56.0 cm³/mol. The lowest BCUT2D eigenvalue weighted by Crippen LogP contribution is -2.59. The standard InChI is InChI=1S/C10H20O7/c1-4(12)5(2)16-10-9(15)8(14)7(13)6(3-11)17-10/h4-15H,3H2,1-2H3/t4-,5-,6-,7-,8+,9-,10-/m1/s1. The van der Waals surface area contributed by atoms with E-state index in [0.717, 1.165) is 0 Å². The second-order valence-corrected chi connectivity index (χ2v) is 4.28. The highest BCUT2D eigenvalue weighted by Gasteiger charge is 2.44. The Kier molecular flexibility index (Phi) is 5.26. The Morgan fingerprint density at radius 2 is 1.71 bits per heavy atom. The molecule has 0 radical (unpaired) electrons. The van der Waals surface area contributed by atoms with E-state index in [1.807, 2.05) is 0 Å². The van der Waals surface area contributed by atoms with E-state index in [-0.39, 0.29) is 0 Å². The first-order valence-corrected chi connectivity index (χ1v) is 5.52. The molecule has 5 N–H and O–H groups in total. The van der Waals surface area contributed by atoms with Gasteiger partial charge in [0.15, 0.2) is 6.29 Å². The highest BCUT2D eigenvalue weighted by molar-refractivity contribution is 4.89. The van der Waals surface area contributed by atoms with E-state index in [9.17, 15) is 20.4 Å². The quantitative estimate of drug-likeness (QED) is 0.377. The van der Waals surface area contributed by atoms with Crippen molar-refractivity contribution in [2.24, 2.45) is 0 Å². The second kappa shape index (κ2) is 6.05. The summed E-state index contributed by atoms with van der Waals surface area (Å²) in [5.74, 6) is 0. The molecule has 0 saturated carbocycles. The van der Waals surface area contributed by atoms with Crippen LogP contribution in [0.1, 0.15) is 13.8 Å². The first-order chi connectivity index (χ1) is 7.88. The van der Waals surface area contributed by atoms with Crippen molar-refractivity contribution in [1.82, 2.24) is 0 Å². The van der Waals surface area contributed by atoms with Crippen LogP contribution >= 0.6 is 0 Å². The van der Waals surface area contributed by atoms with Crippen LogP contribution in [0.5, 0.6) is 0 Å². The maximum absolute atomic E-state index is 9.63. The third-order valence-corrected chi connectivity index (χ3v) is 2.88. The van der Waals surface area contributed by atoms with Gasteiger partial charge in [-0.05, 0) is 13.8 Å². The zero-order chi connectivity index (χ0) is 13.2. The third kappa shape index (κ3) is 3.35. The van der Waals surface area contributed by atoms with E-state index in [2.05, 4.69) is 0 Å². The molecular formula is C10H20O7. The summed E-state index contributed by atoms with van der Waals surface area (Å²) in [6.07, 6.45) is -7.90. The van der Waals surface area contributed by atoms with E-state index in [4.69, 9.17) is 14.6 Å². The van der Waals surface area contributed by atoms with Crippen LogP contribution in [0.25, 0.3) is 0 Å². The van der Waals surface area contributed by atoms with Crippen LogP contribution in [0, 0.1) is 0 Å². The van der Waals surface area contributed by atoms with Crippen molar-refractivity contribution in [3.63, 3.8) is 0 Å². The molecule has 7 heteroatoms. The Bertz CT molecular complexity index is 231. The van der Waals surface area contributed by atoms with Gasteiger partial charge in [-0.15, -0.1) is 0 Å². The van der Waals surface area contributed by atoms with Crippen LogP contribution < -0.4 is 0 Å².